The van der Waals surface area contributed by atoms with Crippen molar-refractivity contribution in [1.29, 1.82) is 0 Å². The van der Waals surface area contributed by atoms with Crippen molar-refractivity contribution in [2.75, 3.05) is 127 Å². The summed E-state index contributed by atoms with van der Waals surface area (Å²) < 4.78 is 320. The number of alkyl halides is 22. The largest absolute Gasteiger partial charge is 0.434 e. The molecule has 4 aliphatic rings. The Bertz CT molecular complexity index is 1600. The van der Waals surface area contributed by atoms with Crippen LogP contribution in [0.2, 0.25) is 0 Å². The van der Waals surface area contributed by atoms with Crippen molar-refractivity contribution in [3.8, 4) is 0 Å². The molecule has 2 atom stereocenters. The van der Waals surface area contributed by atoms with Crippen LogP contribution in [0.25, 0.3) is 0 Å². The summed E-state index contributed by atoms with van der Waals surface area (Å²) >= 11 is 0. The van der Waals surface area contributed by atoms with E-state index in [1.165, 1.54) is 13.8 Å². The molecule has 0 amide bonds. The highest BCUT2D eigenvalue weighted by atomic mass is 19.4. The molecule has 4 saturated heterocycles. The van der Waals surface area contributed by atoms with Crippen molar-refractivity contribution in [2.24, 2.45) is 5.92 Å². The first-order valence-electron chi connectivity index (χ1n) is 21.9. The number of methoxy groups -OCH3 is 3. The molecule has 0 aromatic heterocycles. The molecule has 0 N–H and O–H groups in total. The highest BCUT2D eigenvalue weighted by Crippen LogP contribution is 2.51. The van der Waals surface area contributed by atoms with Crippen molar-refractivity contribution in [1.82, 2.24) is 24.5 Å². The van der Waals surface area contributed by atoms with E-state index in [2.05, 4.69) is 23.7 Å². The van der Waals surface area contributed by atoms with Gasteiger partial charge in [-0.1, -0.05) is 6.92 Å². The normalized spacial score (nSPS) is 21.3. The van der Waals surface area contributed by atoms with Crippen LogP contribution in [0.1, 0.15) is 40.5 Å². The van der Waals surface area contributed by atoms with Gasteiger partial charge < -0.3 is 38.1 Å². The summed E-state index contributed by atoms with van der Waals surface area (Å²) in [5, 5.41) is 0. The SMILES string of the molecule is CCOC(F)(F)C(F)(F)C(F)(F)N1CCC(C)CC1.COC(F)(F)C(F)(F)C(F)(F)N1CC(C)OC(C)C1.COC(F)(F)C(F)(F)N1CCN(C)CC1.COCCOC(F)(F)C(F)(F)C(F)(F)N1CCOCC1.F.F.F.F. The zero-order valence-electron chi connectivity index (χ0n) is 42.3. The lowest BCUT2D eigenvalue weighted by Crippen LogP contribution is -2.66. The molecule has 0 aliphatic carbocycles. The van der Waals surface area contributed by atoms with Gasteiger partial charge in [0.05, 0.1) is 45.2 Å². The van der Waals surface area contributed by atoms with Crippen LogP contribution in [0.4, 0.5) is 115 Å². The lowest BCUT2D eigenvalue weighted by molar-refractivity contribution is -0.425. The van der Waals surface area contributed by atoms with E-state index in [1.54, 1.807) is 18.9 Å². The first-order chi connectivity index (χ1) is 33.0. The molecule has 0 bridgehead atoms. The number of piperidine rings is 1. The van der Waals surface area contributed by atoms with Crippen LogP contribution >= 0.6 is 0 Å². The monoisotopic (exact) mass is 1210 g/mol. The first-order valence-corrected chi connectivity index (χ1v) is 21.9. The lowest BCUT2D eigenvalue weighted by atomic mass is 9.98. The van der Waals surface area contributed by atoms with Gasteiger partial charge in [-0.05, 0) is 46.6 Å². The van der Waals surface area contributed by atoms with E-state index in [9.17, 15) is 96.6 Å². The summed E-state index contributed by atoms with van der Waals surface area (Å²) in [7, 11) is 3.70. The Hall–Kier alpha value is -2.30. The smallest absolute Gasteiger partial charge is 0.382 e. The Morgan fingerprint density at radius 1 is 0.429 bits per heavy atom. The fraction of sp³-hybridized carbons (Fsp3) is 1.00. The number of likely N-dealkylation sites (N-methyl/N-ethyl adjacent to an activating group) is 1. The molecule has 0 saturated carbocycles. The van der Waals surface area contributed by atoms with Crippen LogP contribution in [0.3, 0.4) is 0 Å². The molecule has 0 spiro atoms. The van der Waals surface area contributed by atoms with Crippen molar-refractivity contribution in [2.45, 2.75) is 119 Å². The van der Waals surface area contributed by atoms with E-state index in [-0.39, 0.29) is 98.8 Å². The number of piperazine rings is 1. The lowest BCUT2D eigenvalue weighted by Gasteiger charge is -2.43. The summed E-state index contributed by atoms with van der Waals surface area (Å²) in [5.74, 6) is -16.8. The van der Waals surface area contributed by atoms with Crippen LogP contribution in [0.15, 0.2) is 0 Å². The van der Waals surface area contributed by atoms with Crippen molar-refractivity contribution in [3.63, 3.8) is 0 Å². The quantitative estimate of drug-likeness (QED) is 0.0703. The van der Waals surface area contributed by atoms with Gasteiger partial charge in [-0.3, -0.25) is 18.8 Å². The van der Waals surface area contributed by atoms with Crippen molar-refractivity contribution in [3.05, 3.63) is 0 Å². The molecule has 77 heavy (non-hydrogen) atoms. The van der Waals surface area contributed by atoms with E-state index in [0.29, 0.717) is 25.1 Å². The minimum absolute atomic E-state index is 0. The standard InChI is InChI=1S/C11H17F6NO.C10H15F6NO3.C10H15F6NO2.C8H14F4N2O.4FH/c1-3-19-11(16,17)9(12,13)10(14,15)18-6-4-8(2)5-7-18;1-18-6-7-20-10(15,16)8(11,12)9(13,14)17-2-4-19-5-3-17;1-6-4-17(5-7(2)19-6)9(13,14)8(11,12)10(15,16)18-3;1-13-3-5-14(6-4-13)7(9,10)8(11,12)15-2;;;;/h8H,3-7H2,1-2H3;2-7H2,1H3;6-7H,4-5H2,1-3H3;3-6H2,1-2H3;4*1H. The van der Waals surface area contributed by atoms with E-state index < -0.39 is 125 Å². The summed E-state index contributed by atoms with van der Waals surface area (Å²) in [6, 6.07) is -19.3. The molecule has 2 unspecified atom stereocenters. The summed E-state index contributed by atoms with van der Waals surface area (Å²) in [5.41, 5.74) is 0. The molecular weight excluding hydrogens is 1140 g/mol. The molecule has 0 radical (unpaired) electrons. The molecule has 4 aliphatic heterocycles. The maximum atomic E-state index is 13.7. The third-order valence-corrected chi connectivity index (χ3v) is 11.3. The summed E-state index contributed by atoms with van der Waals surface area (Å²) in [4.78, 5) is 2.33. The summed E-state index contributed by atoms with van der Waals surface area (Å²) in [6.07, 6.45) is -21.2. The highest BCUT2D eigenvalue weighted by molar-refractivity contribution is 4.96. The number of hydrogen-bond donors (Lipinski definition) is 0. The predicted molar refractivity (Wildman–Crippen MR) is 221 cm³/mol. The topological polar surface area (TPSA) is 80.8 Å². The number of ether oxygens (including phenoxy) is 7. The zero-order valence-corrected chi connectivity index (χ0v) is 42.3. The molecule has 0 aromatic carbocycles. The van der Waals surface area contributed by atoms with Crippen LogP contribution in [0, 0.1) is 5.92 Å². The molecule has 38 heteroatoms. The Morgan fingerprint density at radius 2 is 0.779 bits per heavy atom. The molecule has 4 fully saturated rings. The highest BCUT2D eigenvalue weighted by Gasteiger charge is 2.77. The number of hydrogen-bond acceptors (Lipinski definition) is 12. The van der Waals surface area contributed by atoms with Crippen LogP contribution in [-0.4, -0.2) is 230 Å². The second kappa shape index (κ2) is 31.2. The third kappa shape index (κ3) is 19.1. The van der Waals surface area contributed by atoms with Gasteiger partial charge in [-0.2, -0.15) is 96.6 Å². The predicted octanol–water partition coefficient (Wildman–Crippen LogP) is 9.62. The van der Waals surface area contributed by atoms with E-state index in [0.717, 1.165) is 14.0 Å². The first kappa shape index (κ1) is 81.2. The van der Waals surface area contributed by atoms with Gasteiger partial charge in [-0.25, -0.2) is 19.6 Å². The Morgan fingerprint density at radius 3 is 1.16 bits per heavy atom. The van der Waals surface area contributed by atoms with Crippen LogP contribution in [0.5, 0.6) is 0 Å². The maximum absolute atomic E-state index is 13.7. The van der Waals surface area contributed by atoms with E-state index in [1.807, 2.05) is 0 Å². The molecule has 12 nitrogen and oxygen atoms in total. The number of rotatable bonds is 19. The third-order valence-electron chi connectivity index (χ3n) is 11.3. The fourth-order valence-corrected chi connectivity index (χ4v) is 6.80. The summed E-state index contributed by atoms with van der Waals surface area (Å²) in [6.45, 7) is 0.524. The number of nitrogens with zero attached hydrogens (tertiary/aromatic N) is 5. The van der Waals surface area contributed by atoms with Gasteiger partial charge in [0, 0.05) is 86.8 Å². The van der Waals surface area contributed by atoms with Gasteiger partial charge in [0.15, 0.2) is 0 Å². The number of likely N-dealkylation sites (tertiary alicyclic amines) is 1. The van der Waals surface area contributed by atoms with E-state index >= 15 is 0 Å². The van der Waals surface area contributed by atoms with Gasteiger partial charge in [0.25, 0.3) is 0 Å². The van der Waals surface area contributed by atoms with Crippen molar-refractivity contribution < 1.29 is 149 Å². The second-order valence-corrected chi connectivity index (χ2v) is 16.9. The van der Waals surface area contributed by atoms with Gasteiger partial charge >= 0.3 is 66.4 Å². The molecule has 4 heterocycles. The maximum Gasteiger partial charge on any atom is 0.434 e. The average molecular weight is 1210 g/mol. The minimum Gasteiger partial charge on any atom is -0.382 e. The fourth-order valence-electron chi connectivity index (χ4n) is 6.80. The molecule has 4 rings (SSSR count). The number of halogens is 26. The second-order valence-electron chi connectivity index (χ2n) is 16.9. The molecule has 470 valence electrons. The minimum atomic E-state index is -5.68. The van der Waals surface area contributed by atoms with Crippen LogP contribution < -0.4 is 0 Å². The Balaban J connectivity index is -0.000000456. The number of morpholine rings is 2. The molecule has 0 aromatic rings. The van der Waals surface area contributed by atoms with Crippen LogP contribution in [-0.2, 0) is 33.2 Å². The molecular formula is C39H65F26N5O7. The van der Waals surface area contributed by atoms with Gasteiger partial charge in [0.1, 0.15) is 0 Å². The average Bonchev–Trinajstić information content (AvgIpc) is 3.29. The van der Waals surface area contributed by atoms with Crippen molar-refractivity contribution >= 4 is 0 Å². The zero-order chi connectivity index (χ0) is 57.1. The Labute approximate surface area is 425 Å². The Kier molecular flexibility index (Phi) is 32.9. The van der Waals surface area contributed by atoms with E-state index in [4.69, 9.17) is 9.47 Å². The van der Waals surface area contributed by atoms with Gasteiger partial charge in [-0.15, -0.1) is 0 Å². The van der Waals surface area contributed by atoms with Gasteiger partial charge in [0.2, 0.25) is 0 Å².